The van der Waals surface area contributed by atoms with Crippen LogP contribution in [0.4, 0.5) is 0 Å². The van der Waals surface area contributed by atoms with E-state index in [2.05, 4.69) is 0 Å². The molecule has 0 rings (SSSR count). The predicted octanol–water partition coefficient (Wildman–Crippen LogP) is -5.25. The van der Waals surface area contributed by atoms with Crippen molar-refractivity contribution in [3.8, 4) is 0 Å². The zero-order valence-corrected chi connectivity index (χ0v) is 10.5. The Morgan fingerprint density at radius 2 is 1.29 bits per heavy atom. The molecule has 0 bridgehead atoms. The van der Waals surface area contributed by atoms with Gasteiger partial charge in [-0.2, -0.15) is 0 Å². The summed E-state index contributed by atoms with van der Waals surface area (Å²) in [5, 5.41) is 38.9. The maximum Gasteiger partial charge on any atom is 0.114 e. The van der Waals surface area contributed by atoms with E-state index in [9.17, 15) is 29.7 Å². The first-order valence-corrected chi connectivity index (χ1v) is 3.11. The summed E-state index contributed by atoms with van der Waals surface area (Å²) < 4.78 is 0. The largest absolute Gasteiger partial charge is 0.550 e. The fraction of sp³-hybridized carbons (Fsp3) is 0.500. The molecule has 0 heterocycles. The number of carboxylic acid groups (broad SMARTS) is 3. The van der Waals surface area contributed by atoms with Gasteiger partial charge in [-0.15, -0.1) is 0 Å². The van der Waals surface area contributed by atoms with Gasteiger partial charge in [-0.05, 0) is 0 Å². The number of rotatable bonds is 5. The first kappa shape index (κ1) is 15.8. The zero-order valence-electron chi connectivity index (χ0n) is 6.76. The summed E-state index contributed by atoms with van der Waals surface area (Å²) in [5.41, 5.74) is -2.97. The summed E-state index contributed by atoms with van der Waals surface area (Å²) >= 11 is 0. The molecule has 0 fully saturated rings. The molecule has 14 heavy (non-hydrogen) atoms. The monoisotopic (exact) mass is 425 g/mol. The Bertz CT molecular complexity index is 233. The van der Waals surface area contributed by atoms with Gasteiger partial charge in [0.2, 0.25) is 0 Å². The van der Waals surface area contributed by atoms with Crippen molar-refractivity contribution in [3.05, 3.63) is 0 Å². The van der Waals surface area contributed by atoms with Crippen molar-refractivity contribution in [2.45, 2.75) is 18.4 Å². The molecule has 0 saturated carbocycles. The van der Waals surface area contributed by atoms with E-state index in [1.54, 1.807) is 0 Å². The van der Waals surface area contributed by atoms with Gasteiger partial charge in [0.05, 0.1) is 5.97 Å². The van der Waals surface area contributed by atoms with E-state index in [-0.39, 0.29) is 29.9 Å². The van der Waals surface area contributed by atoms with Gasteiger partial charge < -0.3 is 34.8 Å². The van der Waals surface area contributed by atoms with Crippen LogP contribution in [0.15, 0.2) is 0 Å². The Kier molecular flexibility index (Phi) is 6.76. The van der Waals surface area contributed by atoms with Crippen molar-refractivity contribution in [2.24, 2.45) is 0 Å². The molecule has 0 atom stereocenters. The van der Waals surface area contributed by atoms with Crippen molar-refractivity contribution >= 4 is 17.9 Å². The maximum atomic E-state index is 10.1. The Balaban J connectivity index is 0. The molecule has 7 nitrogen and oxygen atoms in total. The summed E-state index contributed by atoms with van der Waals surface area (Å²) in [4.78, 5) is 30.0. The molecule has 0 aliphatic heterocycles. The van der Waals surface area contributed by atoms with E-state index in [4.69, 9.17) is 5.11 Å². The topological polar surface area (TPSA) is 141 Å². The molecule has 1 radical (unpaired) electrons. The molecule has 0 spiro atoms. The molecule has 0 unspecified atom stereocenters. The molecular formula is C6H5NpO7-3. The summed E-state index contributed by atoms with van der Waals surface area (Å²) in [7, 11) is 0. The van der Waals surface area contributed by atoms with Crippen LogP contribution in [-0.4, -0.2) is 28.6 Å². The molecule has 0 aromatic carbocycles. The summed E-state index contributed by atoms with van der Waals surface area (Å²) in [6.45, 7) is 0. The summed E-state index contributed by atoms with van der Waals surface area (Å²) in [6.07, 6.45) is -2.72. The number of aliphatic hydroxyl groups is 1. The summed E-state index contributed by atoms with van der Waals surface area (Å²) in [5.74, 6) is -5.98. The molecule has 1 N–H and O–H groups in total. The number of carboxylic acids is 3. The number of aliphatic carboxylic acids is 3. The molecule has 0 aromatic rings. The average molecular weight is 426 g/mol. The minimum atomic E-state index is -2.97. The molecule has 0 aromatic heterocycles. The quantitative estimate of drug-likeness (QED) is 0.463. The summed E-state index contributed by atoms with van der Waals surface area (Å²) in [6, 6.07) is 0. The predicted molar refractivity (Wildman–Crippen MR) is 29.2 cm³/mol. The third-order valence-electron chi connectivity index (χ3n) is 1.25. The fourth-order valence-corrected chi connectivity index (χ4v) is 0.684. The number of hydrogen-bond acceptors (Lipinski definition) is 7. The van der Waals surface area contributed by atoms with Crippen LogP contribution < -0.4 is 15.3 Å². The molecular weight excluding hydrogens is 421 g/mol. The van der Waals surface area contributed by atoms with Crippen molar-refractivity contribution in [1.29, 1.82) is 0 Å². The first-order valence-electron chi connectivity index (χ1n) is 3.11. The molecule has 8 heteroatoms. The molecule has 0 amide bonds. The zero-order chi connectivity index (χ0) is 10.6. The third kappa shape index (κ3) is 5.19. The van der Waals surface area contributed by atoms with Crippen LogP contribution in [0, 0.1) is 29.9 Å². The van der Waals surface area contributed by atoms with Gasteiger partial charge in [0, 0.05) is 54.7 Å². The standard InChI is InChI=1S/C6H8O7.Np/c7-3(8)1-6(13,5(11)12)2-4(9)10;/h13H,1-2H2,(H,7,8)(H,9,10)(H,11,12);/p-3. The van der Waals surface area contributed by atoms with Crippen LogP contribution in [0.25, 0.3) is 0 Å². The van der Waals surface area contributed by atoms with E-state index >= 15 is 0 Å². The molecule has 0 aliphatic rings. The van der Waals surface area contributed by atoms with Crippen molar-refractivity contribution < 1.29 is 64.8 Å². The second-order valence-corrected chi connectivity index (χ2v) is 2.42. The van der Waals surface area contributed by atoms with Crippen LogP contribution >= 0.6 is 0 Å². The van der Waals surface area contributed by atoms with Gasteiger partial charge >= 0.3 is 0 Å². The average Bonchev–Trinajstić information content (AvgIpc) is 1.82. The van der Waals surface area contributed by atoms with Crippen LogP contribution in [-0.2, 0) is 14.4 Å². The molecule has 0 saturated heterocycles. The molecule has 0 aliphatic carbocycles. The van der Waals surface area contributed by atoms with E-state index in [0.29, 0.717) is 0 Å². The van der Waals surface area contributed by atoms with Gasteiger partial charge in [-0.1, -0.05) is 0 Å². The van der Waals surface area contributed by atoms with Gasteiger partial charge in [0.25, 0.3) is 0 Å². The Hall–Kier alpha value is -0.617. The smallest absolute Gasteiger partial charge is 0.114 e. The van der Waals surface area contributed by atoms with Crippen molar-refractivity contribution in [1.82, 2.24) is 0 Å². The van der Waals surface area contributed by atoms with Crippen molar-refractivity contribution in [2.75, 3.05) is 0 Å². The first-order chi connectivity index (χ1) is 5.78. The Labute approximate surface area is 101 Å². The second-order valence-electron chi connectivity index (χ2n) is 2.42. The van der Waals surface area contributed by atoms with Crippen LogP contribution in [0.1, 0.15) is 12.8 Å². The van der Waals surface area contributed by atoms with E-state index < -0.39 is 36.4 Å². The van der Waals surface area contributed by atoms with E-state index in [0.717, 1.165) is 0 Å². The molecule has 79 valence electrons. The van der Waals surface area contributed by atoms with Crippen molar-refractivity contribution in [3.63, 3.8) is 0 Å². The number of hydrogen-bond donors (Lipinski definition) is 1. The van der Waals surface area contributed by atoms with E-state index in [1.807, 2.05) is 0 Å². The van der Waals surface area contributed by atoms with Crippen LogP contribution in [0.2, 0.25) is 0 Å². The van der Waals surface area contributed by atoms with Gasteiger partial charge in [-0.25, -0.2) is 0 Å². The van der Waals surface area contributed by atoms with E-state index in [1.165, 1.54) is 0 Å². The van der Waals surface area contributed by atoms with Gasteiger partial charge in [0.1, 0.15) is 5.60 Å². The third-order valence-corrected chi connectivity index (χ3v) is 1.25. The van der Waals surface area contributed by atoms with Crippen LogP contribution in [0.5, 0.6) is 0 Å². The Morgan fingerprint density at radius 3 is 1.43 bits per heavy atom. The second kappa shape index (κ2) is 5.98. The maximum absolute atomic E-state index is 10.1. The fourth-order valence-electron chi connectivity index (χ4n) is 0.684. The van der Waals surface area contributed by atoms with Gasteiger partial charge in [0.15, 0.2) is 0 Å². The number of carbonyl (C=O) groups is 3. The van der Waals surface area contributed by atoms with Crippen LogP contribution in [0.3, 0.4) is 0 Å². The minimum absolute atomic E-state index is 0. The minimum Gasteiger partial charge on any atom is -0.550 e. The normalized spacial score (nSPS) is 10.1. The Morgan fingerprint density at radius 1 is 1.00 bits per heavy atom. The van der Waals surface area contributed by atoms with Gasteiger partial charge in [-0.3, -0.25) is 0 Å². The number of carbonyl (C=O) groups excluding carboxylic acids is 3. The SMILES string of the molecule is O=C([O-])CC(O)(CC(=O)[O-])C(=O)[O-].[Np].